The number of carbonyl (C=O) groups excluding carboxylic acids is 1. The number of hydrogen-bond acceptors (Lipinski definition) is 4. The number of amides is 1. The van der Waals surface area contributed by atoms with Gasteiger partial charge in [-0.05, 0) is 31.2 Å². The number of halogens is 1. The van der Waals surface area contributed by atoms with Gasteiger partial charge in [-0.2, -0.15) is 0 Å². The maximum Gasteiger partial charge on any atom is 0.239 e. The van der Waals surface area contributed by atoms with E-state index in [2.05, 4.69) is 10.3 Å². The molecule has 3 rings (SSSR count). The molecule has 1 amide bonds. The molecular weight excluding hydrogens is 360 g/mol. The van der Waals surface area contributed by atoms with Gasteiger partial charge in [0.25, 0.3) is 0 Å². The molecule has 3 nitrogen and oxygen atoms in total. The lowest BCUT2D eigenvalue weighted by molar-refractivity contribution is -0.115. The number of thiazole rings is 1. The first-order valence-electron chi connectivity index (χ1n) is 7.36. The molecule has 1 aromatic heterocycles. The molecule has 2 aromatic carbocycles. The quantitative estimate of drug-likeness (QED) is 0.592. The number of nitrogens with zero attached hydrogens (tertiary/aromatic N) is 1. The van der Waals surface area contributed by atoms with Crippen molar-refractivity contribution in [3.05, 3.63) is 65.0 Å². The molecule has 6 heteroatoms. The van der Waals surface area contributed by atoms with Gasteiger partial charge in [0, 0.05) is 20.9 Å². The molecular formula is C18H15ClN2OS2. The zero-order valence-corrected chi connectivity index (χ0v) is 15.3. The molecule has 0 unspecified atom stereocenters. The maximum absolute atomic E-state index is 12.3. The van der Waals surface area contributed by atoms with E-state index in [1.54, 1.807) is 0 Å². The van der Waals surface area contributed by atoms with Crippen LogP contribution in [0.3, 0.4) is 0 Å². The van der Waals surface area contributed by atoms with Crippen molar-refractivity contribution in [1.82, 2.24) is 4.98 Å². The van der Waals surface area contributed by atoms with Crippen LogP contribution in [0.1, 0.15) is 6.92 Å². The molecule has 0 saturated carbocycles. The average molecular weight is 375 g/mol. The summed E-state index contributed by atoms with van der Waals surface area (Å²) in [5.41, 5.74) is 1.91. The van der Waals surface area contributed by atoms with Crippen LogP contribution in [0.25, 0.3) is 11.3 Å². The predicted octanol–water partition coefficient (Wildman–Crippen LogP) is 5.58. The molecule has 1 heterocycles. The molecule has 0 saturated heterocycles. The Balaban J connectivity index is 1.62. The Morgan fingerprint density at radius 1 is 1.17 bits per heavy atom. The highest BCUT2D eigenvalue weighted by Crippen LogP contribution is 2.28. The lowest BCUT2D eigenvalue weighted by atomic mass is 10.2. The van der Waals surface area contributed by atoms with E-state index in [4.69, 9.17) is 11.6 Å². The molecule has 3 aromatic rings. The molecule has 0 aliphatic heterocycles. The van der Waals surface area contributed by atoms with Crippen LogP contribution in [0.5, 0.6) is 0 Å². The predicted molar refractivity (Wildman–Crippen MR) is 103 cm³/mol. The second-order valence-corrected chi connectivity index (χ2v) is 7.82. The summed E-state index contributed by atoms with van der Waals surface area (Å²) >= 11 is 8.79. The molecule has 0 aliphatic carbocycles. The third kappa shape index (κ3) is 4.38. The SMILES string of the molecule is C[C@@H](Sc1ccc(Cl)cc1)C(=O)Nc1nc(-c2ccccc2)cs1. The zero-order valence-electron chi connectivity index (χ0n) is 12.9. The molecule has 0 radical (unpaired) electrons. The highest BCUT2D eigenvalue weighted by atomic mass is 35.5. The van der Waals surface area contributed by atoms with Gasteiger partial charge in [0.2, 0.25) is 5.91 Å². The van der Waals surface area contributed by atoms with Crippen molar-refractivity contribution in [3.8, 4) is 11.3 Å². The molecule has 1 N–H and O–H groups in total. The Kier molecular flexibility index (Phi) is 5.56. The topological polar surface area (TPSA) is 42.0 Å². The number of nitrogens with one attached hydrogen (secondary N) is 1. The van der Waals surface area contributed by atoms with Gasteiger partial charge in [-0.1, -0.05) is 41.9 Å². The Morgan fingerprint density at radius 2 is 1.88 bits per heavy atom. The van der Waals surface area contributed by atoms with Gasteiger partial charge in [-0.3, -0.25) is 4.79 Å². The molecule has 0 fully saturated rings. The van der Waals surface area contributed by atoms with E-state index in [-0.39, 0.29) is 11.2 Å². The molecule has 0 aliphatic rings. The first-order chi connectivity index (χ1) is 11.6. The summed E-state index contributed by atoms with van der Waals surface area (Å²) in [6, 6.07) is 17.4. The number of aromatic nitrogens is 1. The third-order valence-corrected chi connectivity index (χ3v) is 5.42. The van der Waals surface area contributed by atoms with Crippen LogP contribution in [0.15, 0.2) is 64.9 Å². The largest absolute Gasteiger partial charge is 0.301 e. The fraction of sp³-hybridized carbons (Fsp3) is 0.111. The molecule has 0 bridgehead atoms. The van der Waals surface area contributed by atoms with Crippen LogP contribution in [0.2, 0.25) is 5.02 Å². The second kappa shape index (κ2) is 7.83. The monoisotopic (exact) mass is 374 g/mol. The minimum Gasteiger partial charge on any atom is -0.301 e. The number of hydrogen-bond donors (Lipinski definition) is 1. The molecule has 1 atom stereocenters. The van der Waals surface area contributed by atoms with E-state index in [0.29, 0.717) is 10.2 Å². The Bertz CT molecular complexity index is 819. The van der Waals surface area contributed by atoms with Crippen molar-refractivity contribution >= 4 is 45.7 Å². The van der Waals surface area contributed by atoms with Crippen molar-refractivity contribution in [2.45, 2.75) is 17.1 Å². The molecule has 122 valence electrons. The van der Waals surface area contributed by atoms with E-state index in [1.165, 1.54) is 23.1 Å². The summed E-state index contributed by atoms with van der Waals surface area (Å²) in [6.45, 7) is 1.88. The summed E-state index contributed by atoms with van der Waals surface area (Å²) in [4.78, 5) is 17.8. The first kappa shape index (κ1) is 17.0. The van der Waals surface area contributed by atoms with Gasteiger partial charge in [0.1, 0.15) is 0 Å². The summed E-state index contributed by atoms with van der Waals surface area (Å²) in [5.74, 6) is -0.0658. The fourth-order valence-electron chi connectivity index (χ4n) is 2.05. The van der Waals surface area contributed by atoms with Crippen molar-refractivity contribution in [3.63, 3.8) is 0 Å². The lowest BCUT2D eigenvalue weighted by Gasteiger charge is -2.10. The van der Waals surface area contributed by atoms with E-state index < -0.39 is 0 Å². The minimum absolute atomic E-state index is 0.0658. The first-order valence-corrected chi connectivity index (χ1v) is 9.49. The zero-order chi connectivity index (χ0) is 16.9. The number of thioether (sulfide) groups is 1. The summed E-state index contributed by atoms with van der Waals surface area (Å²) in [7, 11) is 0. The number of benzene rings is 2. The van der Waals surface area contributed by atoms with Crippen molar-refractivity contribution in [1.29, 1.82) is 0 Å². The van der Waals surface area contributed by atoms with Crippen LogP contribution in [0.4, 0.5) is 5.13 Å². The van der Waals surface area contributed by atoms with E-state index in [0.717, 1.165) is 16.2 Å². The van der Waals surface area contributed by atoms with Crippen LogP contribution in [0, 0.1) is 0 Å². The van der Waals surface area contributed by atoms with Gasteiger partial charge in [0.15, 0.2) is 5.13 Å². The Morgan fingerprint density at radius 3 is 2.58 bits per heavy atom. The molecule has 24 heavy (non-hydrogen) atoms. The van der Waals surface area contributed by atoms with Gasteiger partial charge in [-0.15, -0.1) is 23.1 Å². The maximum atomic E-state index is 12.3. The van der Waals surface area contributed by atoms with Crippen molar-refractivity contribution < 1.29 is 4.79 Å². The summed E-state index contributed by atoms with van der Waals surface area (Å²) in [5, 5.41) is 5.91. The lowest BCUT2D eigenvalue weighted by Crippen LogP contribution is -2.22. The highest BCUT2D eigenvalue weighted by molar-refractivity contribution is 8.00. The van der Waals surface area contributed by atoms with Gasteiger partial charge in [0.05, 0.1) is 10.9 Å². The van der Waals surface area contributed by atoms with Gasteiger partial charge >= 0.3 is 0 Å². The van der Waals surface area contributed by atoms with Crippen LogP contribution < -0.4 is 5.32 Å². The van der Waals surface area contributed by atoms with Crippen LogP contribution >= 0.6 is 34.7 Å². The number of carbonyl (C=O) groups is 1. The summed E-state index contributed by atoms with van der Waals surface area (Å²) < 4.78 is 0. The van der Waals surface area contributed by atoms with E-state index in [1.807, 2.05) is 66.9 Å². The summed E-state index contributed by atoms with van der Waals surface area (Å²) in [6.07, 6.45) is 0. The second-order valence-electron chi connectivity index (χ2n) is 5.11. The van der Waals surface area contributed by atoms with Crippen LogP contribution in [-0.4, -0.2) is 16.1 Å². The van der Waals surface area contributed by atoms with Crippen molar-refractivity contribution in [2.75, 3.05) is 5.32 Å². The minimum atomic E-state index is -0.227. The smallest absolute Gasteiger partial charge is 0.239 e. The normalized spacial score (nSPS) is 11.9. The number of rotatable bonds is 5. The highest BCUT2D eigenvalue weighted by Gasteiger charge is 2.16. The van der Waals surface area contributed by atoms with Crippen LogP contribution in [-0.2, 0) is 4.79 Å². The van der Waals surface area contributed by atoms with E-state index >= 15 is 0 Å². The Hall–Kier alpha value is -1.82. The molecule has 0 spiro atoms. The number of anilines is 1. The van der Waals surface area contributed by atoms with Gasteiger partial charge in [-0.25, -0.2) is 4.98 Å². The standard InChI is InChI=1S/C18H15ClN2OS2/c1-12(24-15-9-7-14(19)8-10-15)17(22)21-18-20-16(11-23-18)13-5-3-2-4-6-13/h2-12H,1H3,(H,20,21,22)/t12-/m1/s1. The van der Waals surface area contributed by atoms with Gasteiger partial charge < -0.3 is 5.32 Å². The fourth-order valence-corrected chi connectivity index (χ4v) is 3.77. The van der Waals surface area contributed by atoms with Crippen molar-refractivity contribution in [2.24, 2.45) is 0 Å². The third-order valence-electron chi connectivity index (χ3n) is 3.30. The average Bonchev–Trinajstić information content (AvgIpc) is 3.06. The van der Waals surface area contributed by atoms with E-state index in [9.17, 15) is 4.79 Å². The Labute approximate surface area is 154 Å².